The van der Waals surface area contributed by atoms with Gasteiger partial charge in [0.15, 0.2) is 0 Å². The summed E-state index contributed by atoms with van der Waals surface area (Å²) in [5, 5.41) is 0. The second-order valence-electron chi connectivity index (χ2n) is 4.02. The fourth-order valence-corrected chi connectivity index (χ4v) is 2.09. The maximum absolute atomic E-state index is 10.4. The van der Waals surface area contributed by atoms with Crippen LogP contribution in [0.4, 0.5) is 0 Å². The van der Waals surface area contributed by atoms with Gasteiger partial charge in [0, 0.05) is 18.5 Å². The van der Waals surface area contributed by atoms with Crippen LogP contribution in [0.15, 0.2) is 12.2 Å². The maximum Gasteiger partial charge on any atom is 0.124 e. The highest BCUT2D eigenvalue weighted by Gasteiger charge is 2.27. The molecule has 74 valence electrons. The number of aldehydes is 1. The van der Waals surface area contributed by atoms with Crippen molar-refractivity contribution < 1.29 is 4.79 Å². The minimum atomic E-state index is 0.449. The van der Waals surface area contributed by atoms with E-state index < -0.39 is 0 Å². The Morgan fingerprint density at radius 1 is 1.69 bits per heavy atom. The lowest BCUT2D eigenvalue weighted by Gasteiger charge is -2.29. The number of carbonyl (C=O) groups is 1. The van der Waals surface area contributed by atoms with Crippen LogP contribution in [-0.4, -0.2) is 29.8 Å². The summed E-state index contributed by atoms with van der Waals surface area (Å²) in [6.45, 7) is 9.54. The van der Waals surface area contributed by atoms with Gasteiger partial charge < -0.3 is 4.79 Å². The smallest absolute Gasteiger partial charge is 0.124 e. The van der Waals surface area contributed by atoms with Gasteiger partial charge in [-0.2, -0.15) is 0 Å². The highest BCUT2D eigenvalue weighted by molar-refractivity contribution is 5.54. The molecule has 1 fully saturated rings. The van der Waals surface area contributed by atoms with Gasteiger partial charge in [0.25, 0.3) is 0 Å². The van der Waals surface area contributed by atoms with Crippen molar-refractivity contribution in [1.29, 1.82) is 0 Å². The van der Waals surface area contributed by atoms with Gasteiger partial charge >= 0.3 is 0 Å². The quantitative estimate of drug-likeness (QED) is 0.488. The molecule has 0 N–H and O–H groups in total. The summed E-state index contributed by atoms with van der Waals surface area (Å²) in [5.41, 5.74) is 1.08. The molecule has 0 aliphatic carbocycles. The number of hydrogen-bond acceptors (Lipinski definition) is 2. The first-order valence-corrected chi connectivity index (χ1v) is 5.04. The topological polar surface area (TPSA) is 20.3 Å². The molecule has 1 rings (SSSR count). The Bertz CT molecular complexity index is 198. The third kappa shape index (κ3) is 2.41. The van der Waals surface area contributed by atoms with Crippen molar-refractivity contribution in [3.63, 3.8) is 0 Å². The molecule has 0 saturated carbocycles. The maximum atomic E-state index is 10.4. The molecule has 1 aliphatic rings. The molecule has 0 spiro atoms. The monoisotopic (exact) mass is 181 g/mol. The van der Waals surface area contributed by atoms with E-state index in [1.54, 1.807) is 0 Å². The van der Waals surface area contributed by atoms with Gasteiger partial charge in [-0.3, -0.25) is 4.90 Å². The predicted octanol–water partition coefficient (Wildman–Crippen LogP) is 2.00. The van der Waals surface area contributed by atoms with Crippen LogP contribution in [0.2, 0.25) is 0 Å². The summed E-state index contributed by atoms with van der Waals surface area (Å²) in [4.78, 5) is 12.8. The fraction of sp³-hybridized carbons (Fsp3) is 0.727. The van der Waals surface area contributed by atoms with Crippen molar-refractivity contribution in [2.24, 2.45) is 0 Å². The number of nitrogens with zero attached hydrogens (tertiary/aromatic N) is 1. The molecular weight excluding hydrogens is 162 g/mol. The van der Waals surface area contributed by atoms with Gasteiger partial charge in [-0.05, 0) is 33.2 Å². The first kappa shape index (κ1) is 10.5. The van der Waals surface area contributed by atoms with Gasteiger partial charge in [-0.25, -0.2) is 0 Å². The van der Waals surface area contributed by atoms with E-state index in [2.05, 4.69) is 25.3 Å². The van der Waals surface area contributed by atoms with E-state index in [1.165, 1.54) is 12.8 Å². The summed E-state index contributed by atoms with van der Waals surface area (Å²) < 4.78 is 0. The molecule has 0 aromatic carbocycles. The number of hydrogen-bond donors (Lipinski definition) is 0. The molecule has 0 bridgehead atoms. The van der Waals surface area contributed by atoms with E-state index in [4.69, 9.17) is 0 Å². The zero-order chi connectivity index (χ0) is 9.84. The average Bonchev–Trinajstić information content (AvgIpc) is 2.52. The Balaban J connectivity index is 2.57. The predicted molar refractivity (Wildman–Crippen MR) is 54.7 cm³/mol. The lowest BCUT2D eigenvalue weighted by Crippen LogP contribution is -2.36. The Hall–Kier alpha value is -0.630. The Kier molecular flexibility index (Phi) is 3.67. The Morgan fingerprint density at radius 2 is 2.38 bits per heavy atom. The molecule has 0 aromatic heterocycles. The van der Waals surface area contributed by atoms with E-state index in [1.807, 2.05) is 0 Å². The largest absolute Gasteiger partial charge is 0.303 e. The SMILES string of the molecule is C=C(CC=O)C1CCCN1C(C)C. The van der Waals surface area contributed by atoms with Crippen LogP contribution in [-0.2, 0) is 4.79 Å². The molecule has 2 nitrogen and oxygen atoms in total. The number of likely N-dealkylation sites (tertiary alicyclic amines) is 1. The van der Waals surface area contributed by atoms with Gasteiger partial charge in [-0.1, -0.05) is 12.2 Å². The fourth-order valence-electron chi connectivity index (χ4n) is 2.09. The first-order valence-electron chi connectivity index (χ1n) is 5.04. The summed E-state index contributed by atoms with van der Waals surface area (Å²) in [6, 6.07) is 1.01. The Morgan fingerprint density at radius 3 is 2.92 bits per heavy atom. The molecule has 2 heteroatoms. The third-order valence-electron chi connectivity index (χ3n) is 2.77. The van der Waals surface area contributed by atoms with E-state index in [0.717, 1.165) is 18.4 Å². The van der Waals surface area contributed by atoms with Crippen LogP contribution in [0.25, 0.3) is 0 Å². The van der Waals surface area contributed by atoms with Crippen LogP contribution in [0.3, 0.4) is 0 Å². The number of carbonyl (C=O) groups excluding carboxylic acids is 1. The zero-order valence-electron chi connectivity index (χ0n) is 8.62. The molecule has 1 atom stereocenters. The van der Waals surface area contributed by atoms with Gasteiger partial charge in [0.1, 0.15) is 6.29 Å². The molecule has 1 heterocycles. The average molecular weight is 181 g/mol. The number of rotatable bonds is 4. The highest BCUT2D eigenvalue weighted by atomic mass is 16.1. The molecule has 1 aliphatic heterocycles. The van der Waals surface area contributed by atoms with Crippen molar-refractivity contribution in [2.75, 3.05) is 6.54 Å². The molecule has 13 heavy (non-hydrogen) atoms. The van der Waals surface area contributed by atoms with E-state index in [9.17, 15) is 4.79 Å². The van der Waals surface area contributed by atoms with E-state index >= 15 is 0 Å². The lowest BCUT2D eigenvalue weighted by atomic mass is 10.0. The van der Waals surface area contributed by atoms with Gasteiger partial charge in [0.2, 0.25) is 0 Å². The second-order valence-corrected chi connectivity index (χ2v) is 4.02. The van der Waals surface area contributed by atoms with Crippen LogP contribution in [0.1, 0.15) is 33.1 Å². The van der Waals surface area contributed by atoms with Gasteiger partial charge in [-0.15, -0.1) is 0 Å². The van der Waals surface area contributed by atoms with Crippen molar-refractivity contribution in [3.8, 4) is 0 Å². The zero-order valence-corrected chi connectivity index (χ0v) is 8.62. The van der Waals surface area contributed by atoms with Crippen molar-refractivity contribution in [3.05, 3.63) is 12.2 Å². The highest BCUT2D eigenvalue weighted by Crippen LogP contribution is 2.25. The summed E-state index contributed by atoms with van der Waals surface area (Å²) in [7, 11) is 0. The minimum Gasteiger partial charge on any atom is -0.303 e. The second kappa shape index (κ2) is 4.56. The third-order valence-corrected chi connectivity index (χ3v) is 2.77. The summed E-state index contributed by atoms with van der Waals surface area (Å²) >= 11 is 0. The van der Waals surface area contributed by atoms with Crippen LogP contribution >= 0.6 is 0 Å². The first-order chi connectivity index (χ1) is 6.16. The van der Waals surface area contributed by atoms with Gasteiger partial charge in [0.05, 0.1) is 0 Å². The van der Waals surface area contributed by atoms with E-state index in [0.29, 0.717) is 18.5 Å². The normalized spacial score (nSPS) is 23.8. The minimum absolute atomic E-state index is 0.449. The molecule has 0 amide bonds. The molecule has 0 aromatic rings. The van der Waals surface area contributed by atoms with Crippen LogP contribution < -0.4 is 0 Å². The molecule has 1 saturated heterocycles. The standard InChI is InChI=1S/C11H19NO/c1-9(2)12-7-4-5-11(12)10(3)6-8-13/h8-9,11H,3-7H2,1-2H3. The van der Waals surface area contributed by atoms with Crippen molar-refractivity contribution >= 4 is 6.29 Å². The van der Waals surface area contributed by atoms with Crippen molar-refractivity contribution in [2.45, 2.75) is 45.2 Å². The molecule has 1 unspecified atom stereocenters. The summed E-state index contributed by atoms with van der Waals surface area (Å²) in [5.74, 6) is 0. The van der Waals surface area contributed by atoms with E-state index in [-0.39, 0.29) is 0 Å². The van der Waals surface area contributed by atoms with Crippen molar-refractivity contribution in [1.82, 2.24) is 4.90 Å². The van der Waals surface area contributed by atoms with Crippen LogP contribution in [0.5, 0.6) is 0 Å². The Labute approximate surface area is 80.6 Å². The van der Waals surface area contributed by atoms with Crippen LogP contribution in [0, 0.1) is 0 Å². The molecule has 0 radical (unpaired) electrons. The lowest BCUT2D eigenvalue weighted by molar-refractivity contribution is -0.107. The summed E-state index contributed by atoms with van der Waals surface area (Å²) in [6.07, 6.45) is 3.89. The molecular formula is C11H19NO.